The van der Waals surface area contributed by atoms with Crippen molar-refractivity contribution in [1.82, 2.24) is 14.9 Å². The minimum Gasteiger partial charge on any atom is -0.454 e. The van der Waals surface area contributed by atoms with E-state index >= 15 is 0 Å². The lowest BCUT2D eigenvalue weighted by Gasteiger charge is -2.15. The summed E-state index contributed by atoms with van der Waals surface area (Å²) in [5, 5.41) is 4.00. The number of fused-ring (bicyclic) bond motifs is 1. The van der Waals surface area contributed by atoms with Gasteiger partial charge in [0, 0.05) is 11.7 Å². The van der Waals surface area contributed by atoms with Crippen molar-refractivity contribution in [2.24, 2.45) is 0 Å². The quantitative estimate of drug-likeness (QED) is 0.785. The van der Waals surface area contributed by atoms with Gasteiger partial charge in [-0.05, 0) is 51.3 Å². The number of hydrogen-bond acceptors (Lipinski definition) is 5. The molecule has 1 saturated carbocycles. The Bertz CT molecular complexity index is 845. The first-order valence-corrected chi connectivity index (χ1v) is 9.88. The highest BCUT2D eigenvalue weighted by molar-refractivity contribution is 7.99. The Morgan fingerprint density at radius 2 is 2.12 bits per heavy atom. The summed E-state index contributed by atoms with van der Waals surface area (Å²) in [6.07, 6.45) is 2.41. The first-order chi connectivity index (χ1) is 12.5. The molecule has 1 N–H and O–H groups in total. The van der Waals surface area contributed by atoms with Crippen molar-refractivity contribution in [3.05, 3.63) is 35.2 Å². The lowest BCUT2D eigenvalue weighted by Crippen LogP contribution is -2.28. The molecule has 1 aliphatic heterocycles. The first-order valence-electron chi connectivity index (χ1n) is 8.90. The van der Waals surface area contributed by atoms with Crippen LogP contribution in [0, 0.1) is 13.8 Å². The summed E-state index contributed by atoms with van der Waals surface area (Å²) in [4.78, 5) is 17.0. The summed E-state index contributed by atoms with van der Waals surface area (Å²) in [6, 6.07) is 6.23. The maximum absolute atomic E-state index is 12.4. The minimum absolute atomic E-state index is 0.000759. The van der Waals surface area contributed by atoms with Crippen molar-refractivity contribution >= 4 is 17.7 Å². The fraction of sp³-hybridized carbons (Fsp3) is 0.474. The summed E-state index contributed by atoms with van der Waals surface area (Å²) in [7, 11) is 0. The smallest absolute Gasteiger partial charge is 0.231 e. The van der Waals surface area contributed by atoms with Crippen LogP contribution in [0.15, 0.2) is 23.4 Å². The average molecular weight is 373 g/mol. The molecule has 2 heterocycles. The SMILES string of the molecule is Cc1nc(SCC(=O)NC(C)c2ccc3c(c2)OCO3)n(C2CC2)c1C. The lowest BCUT2D eigenvalue weighted by atomic mass is 10.1. The molecule has 0 saturated heterocycles. The van der Waals surface area contributed by atoms with Crippen molar-refractivity contribution in [3.63, 3.8) is 0 Å². The van der Waals surface area contributed by atoms with Gasteiger partial charge in [-0.3, -0.25) is 4.79 Å². The summed E-state index contributed by atoms with van der Waals surface area (Å²) in [5.41, 5.74) is 3.26. The van der Waals surface area contributed by atoms with E-state index in [0.717, 1.165) is 27.9 Å². The highest BCUT2D eigenvalue weighted by Crippen LogP contribution is 2.40. The van der Waals surface area contributed by atoms with Gasteiger partial charge in [-0.2, -0.15) is 0 Å². The third-order valence-electron chi connectivity index (χ3n) is 4.87. The molecule has 138 valence electrons. The van der Waals surface area contributed by atoms with Crippen molar-refractivity contribution in [2.45, 2.75) is 50.9 Å². The van der Waals surface area contributed by atoms with Crippen LogP contribution in [0.3, 0.4) is 0 Å². The molecule has 6 nitrogen and oxygen atoms in total. The van der Waals surface area contributed by atoms with Gasteiger partial charge in [-0.1, -0.05) is 17.8 Å². The van der Waals surface area contributed by atoms with Crippen LogP contribution in [0.25, 0.3) is 0 Å². The highest BCUT2D eigenvalue weighted by Gasteiger charge is 2.29. The number of benzene rings is 1. The average Bonchev–Trinajstić information content (AvgIpc) is 3.26. The number of nitrogens with zero attached hydrogens (tertiary/aromatic N) is 2. The van der Waals surface area contributed by atoms with Gasteiger partial charge in [0.2, 0.25) is 12.7 Å². The summed E-state index contributed by atoms with van der Waals surface area (Å²) in [5.74, 6) is 1.84. The van der Waals surface area contributed by atoms with Gasteiger partial charge in [-0.25, -0.2) is 4.98 Å². The zero-order valence-electron chi connectivity index (χ0n) is 15.2. The lowest BCUT2D eigenvalue weighted by molar-refractivity contribution is -0.119. The second-order valence-electron chi connectivity index (χ2n) is 6.86. The summed E-state index contributed by atoms with van der Waals surface area (Å²) < 4.78 is 13.0. The van der Waals surface area contributed by atoms with Gasteiger partial charge < -0.3 is 19.4 Å². The van der Waals surface area contributed by atoms with Crippen LogP contribution in [-0.4, -0.2) is 28.0 Å². The van der Waals surface area contributed by atoms with Gasteiger partial charge in [0.25, 0.3) is 0 Å². The Balaban J connectivity index is 1.36. The van der Waals surface area contributed by atoms with E-state index in [1.807, 2.05) is 32.0 Å². The molecule has 2 aromatic rings. The monoisotopic (exact) mass is 373 g/mol. The third kappa shape index (κ3) is 3.40. The number of amides is 1. The van der Waals surface area contributed by atoms with E-state index in [4.69, 9.17) is 9.47 Å². The Kier molecular flexibility index (Phi) is 4.56. The minimum atomic E-state index is -0.0933. The van der Waals surface area contributed by atoms with Crippen LogP contribution >= 0.6 is 11.8 Å². The zero-order chi connectivity index (χ0) is 18.3. The van der Waals surface area contributed by atoms with Gasteiger partial charge in [0.15, 0.2) is 16.7 Å². The van der Waals surface area contributed by atoms with Crippen molar-refractivity contribution in [3.8, 4) is 11.5 Å². The summed E-state index contributed by atoms with van der Waals surface area (Å²) in [6.45, 7) is 6.36. The molecule has 1 aromatic carbocycles. The second kappa shape index (κ2) is 6.87. The van der Waals surface area contributed by atoms with Crippen molar-refractivity contribution in [2.75, 3.05) is 12.5 Å². The second-order valence-corrected chi connectivity index (χ2v) is 7.80. The number of aryl methyl sites for hydroxylation is 1. The Morgan fingerprint density at radius 3 is 2.88 bits per heavy atom. The fourth-order valence-electron chi connectivity index (χ4n) is 3.14. The largest absolute Gasteiger partial charge is 0.454 e. The molecule has 4 rings (SSSR count). The van der Waals surface area contributed by atoms with E-state index in [2.05, 4.69) is 21.8 Å². The predicted octanol–water partition coefficient (Wildman–Crippen LogP) is 3.53. The van der Waals surface area contributed by atoms with E-state index in [-0.39, 0.29) is 18.7 Å². The van der Waals surface area contributed by atoms with Gasteiger partial charge >= 0.3 is 0 Å². The predicted molar refractivity (Wildman–Crippen MR) is 99.8 cm³/mol. The molecule has 1 unspecified atom stereocenters. The molecule has 0 bridgehead atoms. The van der Waals surface area contributed by atoms with E-state index in [1.54, 1.807) is 0 Å². The molecule has 7 heteroatoms. The Labute approximate surface area is 157 Å². The molecular weight excluding hydrogens is 350 g/mol. The van der Waals surface area contributed by atoms with Crippen LogP contribution in [0.4, 0.5) is 0 Å². The first kappa shape index (κ1) is 17.3. The molecule has 0 radical (unpaired) electrons. The van der Waals surface area contributed by atoms with E-state index in [9.17, 15) is 4.79 Å². The molecule has 2 aliphatic rings. The molecule has 1 amide bonds. The number of thioether (sulfide) groups is 1. The number of hydrogen-bond donors (Lipinski definition) is 1. The van der Waals surface area contributed by atoms with Crippen molar-refractivity contribution < 1.29 is 14.3 Å². The van der Waals surface area contributed by atoms with Gasteiger partial charge in [0.1, 0.15) is 0 Å². The highest BCUT2D eigenvalue weighted by atomic mass is 32.2. The Morgan fingerprint density at radius 1 is 1.35 bits per heavy atom. The number of aromatic nitrogens is 2. The van der Waals surface area contributed by atoms with Crippen LogP contribution in [-0.2, 0) is 4.79 Å². The number of carbonyl (C=O) groups is 1. The topological polar surface area (TPSA) is 65.4 Å². The maximum atomic E-state index is 12.4. The molecule has 0 spiro atoms. The van der Waals surface area contributed by atoms with E-state index in [0.29, 0.717) is 11.8 Å². The zero-order valence-corrected chi connectivity index (χ0v) is 16.1. The third-order valence-corrected chi connectivity index (χ3v) is 5.83. The normalized spacial score (nSPS) is 16.6. The molecule has 1 fully saturated rings. The number of rotatable bonds is 6. The van der Waals surface area contributed by atoms with Crippen LogP contribution in [0.5, 0.6) is 11.5 Å². The van der Waals surface area contributed by atoms with Gasteiger partial charge in [0.05, 0.1) is 17.5 Å². The standard InChI is InChI=1S/C19H23N3O3S/c1-11-13(3)22(15-5-6-15)19(21-11)26-9-18(23)20-12(2)14-4-7-16-17(8-14)25-10-24-16/h4,7-8,12,15H,5-6,9-10H2,1-3H3,(H,20,23). The number of imidazole rings is 1. The molecule has 26 heavy (non-hydrogen) atoms. The fourth-order valence-corrected chi connectivity index (χ4v) is 4.11. The molecule has 1 aliphatic carbocycles. The maximum Gasteiger partial charge on any atom is 0.231 e. The molecule has 1 atom stereocenters. The van der Waals surface area contributed by atoms with Crippen LogP contribution < -0.4 is 14.8 Å². The van der Waals surface area contributed by atoms with E-state index in [1.165, 1.54) is 30.3 Å². The molecule has 1 aromatic heterocycles. The van der Waals surface area contributed by atoms with Crippen molar-refractivity contribution in [1.29, 1.82) is 0 Å². The van der Waals surface area contributed by atoms with Crippen LogP contribution in [0.2, 0.25) is 0 Å². The number of nitrogens with one attached hydrogen (secondary N) is 1. The summed E-state index contributed by atoms with van der Waals surface area (Å²) >= 11 is 1.51. The van der Waals surface area contributed by atoms with Gasteiger partial charge in [-0.15, -0.1) is 0 Å². The van der Waals surface area contributed by atoms with E-state index < -0.39 is 0 Å². The van der Waals surface area contributed by atoms with Crippen LogP contribution in [0.1, 0.15) is 48.8 Å². The number of ether oxygens (including phenoxy) is 2. The number of carbonyl (C=O) groups excluding carboxylic acids is 1. The Hall–Kier alpha value is -2.15. The molecular formula is C19H23N3O3S.